The zero-order valence-corrected chi connectivity index (χ0v) is 19.8. The smallest absolute Gasteiger partial charge is 0.407 e. The molecule has 35 heavy (non-hydrogen) atoms. The Balaban J connectivity index is 1.08. The van der Waals surface area contributed by atoms with Crippen LogP contribution < -0.4 is 5.32 Å². The van der Waals surface area contributed by atoms with Gasteiger partial charge in [-0.2, -0.15) is 0 Å². The third-order valence-electron chi connectivity index (χ3n) is 7.72. The van der Waals surface area contributed by atoms with Crippen LogP contribution in [0.5, 0.6) is 0 Å². The van der Waals surface area contributed by atoms with Gasteiger partial charge >= 0.3 is 12.1 Å². The standard InChI is InChI=1S/C28H32N2O5/c31-26(30-12-6-5-7-20(30)16-27(32)33)15-18-13-19(14-18)29-28(34)35-17-25-23-10-3-1-8-21(23)22-9-2-4-11-24(22)25/h1-4,8-11,18-20,25H,5-7,12-17H2,(H,29,34)(H,32,33)/t18?,19?,20-/m1/s1. The van der Waals surface area contributed by atoms with Crippen molar-refractivity contribution < 1.29 is 24.2 Å². The number of carboxylic acids is 1. The van der Waals surface area contributed by atoms with Gasteiger partial charge in [0.05, 0.1) is 6.42 Å². The number of alkyl carbamates (subject to hydrolysis) is 1. The second kappa shape index (κ2) is 10.1. The maximum absolute atomic E-state index is 12.8. The summed E-state index contributed by atoms with van der Waals surface area (Å²) in [4.78, 5) is 38.2. The van der Waals surface area contributed by atoms with Gasteiger partial charge in [-0.25, -0.2) is 4.79 Å². The van der Waals surface area contributed by atoms with E-state index in [1.807, 2.05) is 24.3 Å². The Kier molecular flexibility index (Phi) is 6.75. The van der Waals surface area contributed by atoms with Gasteiger partial charge in [0.25, 0.3) is 0 Å². The largest absolute Gasteiger partial charge is 0.481 e. The third kappa shape index (κ3) is 5.04. The Labute approximate surface area is 205 Å². The summed E-state index contributed by atoms with van der Waals surface area (Å²) >= 11 is 0. The van der Waals surface area contributed by atoms with E-state index in [0.717, 1.165) is 32.1 Å². The van der Waals surface area contributed by atoms with E-state index in [-0.39, 0.29) is 42.9 Å². The molecular formula is C28H32N2O5. The molecule has 184 valence electrons. The molecular weight excluding hydrogens is 444 g/mol. The fourth-order valence-electron chi connectivity index (χ4n) is 5.93. The number of carboxylic acid groups (broad SMARTS) is 1. The van der Waals surface area contributed by atoms with Crippen molar-refractivity contribution in [1.29, 1.82) is 0 Å². The molecule has 1 heterocycles. The van der Waals surface area contributed by atoms with E-state index >= 15 is 0 Å². The van der Waals surface area contributed by atoms with Crippen molar-refractivity contribution in [3.05, 3.63) is 59.7 Å². The lowest BCUT2D eigenvalue weighted by atomic mass is 9.78. The Morgan fingerprint density at radius 1 is 0.943 bits per heavy atom. The molecule has 2 aliphatic carbocycles. The molecule has 7 nitrogen and oxygen atoms in total. The summed E-state index contributed by atoms with van der Waals surface area (Å²) in [7, 11) is 0. The number of aliphatic carboxylic acids is 1. The van der Waals surface area contributed by atoms with Crippen LogP contribution in [0.15, 0.2) is 48.5 Å². The fraction of sp³-hybridized carbons (Fsp3) is 0.464. The number of amides is 2. The normalized spacial score (nSPS) is 23.1. The van der Waals surface area contributed by atoms with Gasteiger partial charge in [-0.05, 0) is 60.3 Å². The minimum atomic E-state index is -0.856. The molecule has 1 saturated heterocycles. The number of benzene rings is 2. The SMILES string of the molecule is O=C(O)C[C@H]1CCCCN1C(=O)CC1CC(NC(=O)OCC2c3ccccc3-c3ccccc32)C1. The van der Waals surface area contributed by atoms with Crippen molar-refractivity contribution in [2.24, 2.45) is 5.92 Å². The number of ether oxygens (including phenoxy) is 1. The summed E-state index contributed by atoms with van der Waals surface area (Å²) in [6.45, 7) is 0.930. The zero-order chi connectivity index (χ0) is 24.4. The van der Waals surface area contributed by atoms with Crippen LogP contribution in [0.2, 0.25) is 0 Å². The summed E-state index contributed by atoms with van der Waals surface area (Å²) in [5, 5.41) is 12.1. The van der Waals surface area contributed by atoms with Gasteiger partial charge < -0.3 is 20.1 Å². The van der Waals surface area contributed by atoms with Crippen molar-refractivity contribution in [1.82, 2.24) is 10.2 Å². The van der Waals surface area contributed by atoms with Crippen LogP contribution in [0.3, 0.4) is 0 Å². The molecule has 2 N–H and O–H groups in total. The maximum Gasteiger partial charge on any atom is 0.407 e. The first-order chi connectivity index (χ1) is 17.0. The summed E-state index contributed by atoms with van der Waals surface area (Å²) in [6.07, 6.45) is 4.16. The van der Waals surface area contributed by atoms with Gasteiger partial charge in [-0.1, -0.05) is 48.5 Å². The molecule has 3 aliphatic rings. The highest BCUT2D eigenvalue weighted by molar-refractivity contribution is 5.79. The molecule has 5 rings (SSSR count). The number of carbonyl (C=O) groups is 3. The lowest BCUT2D eigenvalue weighted by Gasteiger charge is -2.39. The van der Waals surface area contributed by atoms with E-state index in [2.05, 4.69) is 29.6 Å². The molecule has 7 heteroatoms. The van der Waals surface area contributed by atoms with Crippen LogP contribution in [0, 0.1) is 5.92 Å². The fourth-order valence-corrected chi connectivity index (χ4v) is 5.93. The van der Waals surface area contributed by atoms with Crippen LogP contribution in [-0.4, -0.2) is 53.2 Å². The quantitative estimate of drug-likeness (QED) is 0.611. The van der Waals surface area contributed by atoms with Crippen LogP contribution in [-0.2, 0) is 14.3 Å². The Morgan fingerprint density at radius 3 is 2.26 bits per heavy atom. The molecule has 1 atom stereocenters. The topological polar surface area (TPSA) is 95.9 Å². The molecule has 0 bridgehead atoms. The number of likely N-dealkylation sites (tertiary alicyclic amines) is 1. The Hall–Kier alpha value is -3.35. The number of nitrogens with one attached hydrogen (secondary N) is 1. The monoisotopic (exact) mass is 476 g/mol. The molecule has 0 spiro atoms. The van der Waals surface area contributed by atoms with Crippen molar-refractivity contribution >= 4 is 18.0 Å². The molecule has 0 unspecified atom stereocenters. The van der Waals surface area contributed by atoms with E-state index in [9.17, 15) is 14.4 Å². The number of hydrogen-bond acceptors (Lipinski definition) is 4. The van der Waals surface area contributed by atoms with Gasteiger partial charge in [-0.3, -0.25) is 9.59 Å². The third-order valence-corrected chi connectivity index (χ3v) is 7.72. The molecule has 0 radical (unpaired) electrons. The average molecular weight is 477 g/mol. The van der Waals surface area contributed by atoms with Gasteiger partial charge in [-0.15, -0.1) is 0 Å². The van der Waals surface area contributed by atoms with Gasteiger partial charge in [0.2, 0.25) is 5.91 Å². The summed E-state index contributed by atoms with van der Waals surface area (Å²) in [6, 6.07) is 16.3. The number of carbonyl (C=O) groups excluding carboxylic acids is 2. The molecule has 1 aliphatic heterocycles. The van der Waals surface area contributed by atoms with Gasteiger partial charge in [0.1, 0.15) is 6.61 Å². The number of fused-ring (bicyclic) bond motifs is 3. The van der Waals surface area contributed by atoms with E-state index in [1.165, 1.54) is 22.3 Å². The van der Waals surface area contributed by atoms with Crippen LogP contribution in [0.4, 0.5) is 4.79 Å². The van der Waals surface area contributed by atoms with E-state index in [1.54, 1.807) is 4.90 Å². The second-order valence-electron chi connectivity index (χ2n) is 10.0. The number of hydrogen-bond donors (Lipinski definition) is 2. The Morgan fingerprint density at radius 2 is 1.60 bits per heavy atom. The number of piperidine rings is 1. The van der Waals surface area contributed by atoms with Crippen LogP contribution >= 0.6 is 0 Å². The first kappa shape index (κ1) is 23.4. The molecule has 0 aromatic heterocycles. The molecule has 2 amide bonds. The first-order valence-electron chi connectivity index (χ1n) is 12.6. The minimum Gasteiger partial charge on any atom is -0.481 e. The average Bonchev–Trinajstić information content (AvgIpc) is 3.15. The second-order valence-corrected chi connectivity index (χ2v) is 10.0. The highest BCUT2D eigenvalue weighted by Crippen LogP contribution is 2.44. The van der Waals surface area contributed by atoms with Crippen LogP contribution in [0.1, 0.15) is 62.0 Å². The van der Waals surface area contributed by atoms with Gasteiger partial charge in [0.15, 0.2) is 0 Å². The van der Waals surface area contributed by atoms with Crippen LogP contribution in [0.25, 0.3) is 11.1 Å². The highest BCUT2D eigenvalue weighted by atomic mass is 16.5. The van der Waals surface area contributed by atoms with Gasteiger partial charge in [0, 0.05) is 31.0 Å². The lowest BCUT2D eigenvalue weighted by Crippen LogP contribution is -2.48. The molecule has 1 saturated carbocycles. The minimum absolute atomic E-state index is 0.0135. The predicted octanol–water partition coefficient (Wildman–Crippen LogP) is 4.55. The number of rotatable bonds is 7. The summed E-state index contributed by atoms with van der Waals surface area (Å²) in [5.41, 5.74) is 4.76. The van der Waals surface area contributed by atoms with E-state index < -0.39 is 12.1 Å². The zero-order valence-electron chi connectivity index (χ0n) is 19.8. The van der Waals surface area contributed by atoms with Crippen molar-refractivity contribution in [2.45, 2.75) is 62.9 Å². The lowest BCUT2D eigenvalue weighted by molar-refractivity contribution is -0.142. The summed E-state index contributed by atoms with van der Waals surface area (Å²) in [5.74, 6) is -0.566. The van der Waals surface area contributed by atoms with Crippen molar-refractivity contribution in [3.8, 4) is 11.1 Å². The molecule has 2 aromatic carbocycles. The maximum atomic E-state index is 12.8. The van der Waals surface area contributed by atoms with E-state index in [0.29, 0.717) is 13.0 Å². The van der Waals surface area contributed by atoms with Crippen molar-refractivity contribution in [2.75, 3.05) is 13.2 Å². The van der Waals surface area contributed by atoms with Crippen molar-refractivity contribution in [3.63, 3.8) is 0 Å². The Bertz CT molecular complexity index is 1060. The molecule has 2 aromatic rings. The summed E-state index contributed by atoms with van der Waals surface area (Å²) < 4.78 is 5.63. The predicted molar refractivity (Wildman–Crippen MR) is 131 cm³/mol. The molecule has 2 fully saturated rings. The van der Waals surface area contributed by atoms with E-state index in [4.69, 9.17) is 9.84 Å². The first-order valence-corrected chi connectivity index (χ1v) is 12.6. The number of nitrogens with zero attached hydrogens (tertiary/aromatic N) is 1. The highest BCUT2D eigenvalue weighted by Gasteiger charge is 2.36.